The zero-order valence-corrected chi connectivity index (χ0v) is 33.2. The second kappa shape index (κ2) is 14.6. The first-order valence-electron chi connectivity index (χ1n) is 20.5. The molecule has 0 bridgehead atoms. The minimum absolute atomic E-state index is 0.430. The van der Waals surface area contributed by atoms with Gasteiger partial charge in [0.2, 0.25) is 0 Å². The molecule has 12 aromatic rings. The van der Waals surface area contributed by atoms with Gasteiger partial charge < -0.3 is 9.13 Å². The molecule has 0 aliphatic rings. The standard InChI is InChI=1S/C54H34N8/c1-3-16-35(17-4-1)51-56-45(33-46(57-51)54-59-52(36-18-5-2-6-19-36)58-53(60-54)37-20-15-29-55-34-37)38-30-39(61-47-25-11-7-21-41(47)42-22-8-12-26-48(42)61)32-40(31-38)62-49-27-13-9-23-43(49)44-24-10-14-28-50(44)62/h1-34H. The van der Waals surface area contributed by atoms with E-state index in [2.05, 4.69) is 129 Å². The first-order valence-corrected chi connectivity index (χ1v) is 20.5. The summed E-state index contributed by atoms with van der Waals surface area (Å²) < 4.78 is 4.73. The monoisotopic (exact) mass is 794 g/mol. The third-order valence-electron chi connectivity index (χ3n) is 11.4. The lowest BCUT2D eigenvalue weighted by atomic mass is 10.1. The fraction of sp³-hybridized carbons (Fsp3) is 0. The number of hydrogen-bond acceptors (Lipinski definition) is 6. The summed E-state index contributed by atoms with van der Waals surface area (Å²) in [5.74, 6) is 2.03. The summed E-state index contributed by atoms with van der Waals surface area (Å²) in [6.45, 7) is 0. The van der Waals surface area contributed by atoms with Crippen molar-refractivity contribution in [3.63, 3.8) is 0 Å². The number of nitrogens with zero attached hydrogens (tertiary/aromatic N) is 8. The van der Waals surface area contributed by atoms with Gasteiger partial charge in [0.15, 0.2) is 23.3 Å². The number of hydrogen-bond donors (Lipinski definition) is 0. The van der Waals surface area contributed by atoms with Crippen molar-refractivity contribution in [1.29, 1.82) is 0 Å². The first-order chi connectivity index (χ1) is 30.7. The summed E-state index contributed by atoms with van der Waals surface area (Å²) in [6, 6.07) is 67.1. The van der Waals surface area contributed by atoms with Crippen molar-refractivity contribution in [1.82, 2.24) is 39.0 Å². The molecule has 8 heteroatoms. The van der Waals surface area contributed by atoms with Crippen LogP contribution >= 0.6 is 0 Å². The van der Waals surface area contributed by atoms with Crippen LogP contribution in [0, 0.1) is 0 Å². The van der Waals surface area contributed by atoms with E-state index in [0.29, 0.717) is 29.0 Å². The van der Waals surface area contributed by atoms with Crippen LogP contribution < -0.4 is 0 Å². The number of aromatic nitrogens is 8. The maximum absolute atomic E-state index is 5.34. The molecule has 8 nitrogen and oxygen atoms in total. The Labute approximate surface area is 356 Å². The molecule has 0 aliphatic carbocycles. The highest BCUT2D eigenvalue weighted by atomic mass is 15.1. The normalized spacial score (nSPS) is 11.5. The van der Waals surface area contributed by atoms with Gasteiger partial charge in [-0.2, -0.15) is 0 Å². The van der Waals surface area contributed by atoms with Crippen LogP contribution in [0.25, 0.3) is 112 Å². The zero-order chi connectivity index (χ0) is 41.0. The Kier molecular flexibility index (Phi) is 8.31. The highest BCUT2D eigenvalue weighted by Crippen LogP contribution is 2.38. The highest BCUT2D eigenvalue weighted by molar-refractivity contribution is 6.10. The second-order valence-electron chi connectivity index (χ2n) is 15.2. The molecule has 0 aliphatic heterocycles. The van der Waals surface area contributed by atoms with Crippen molar-refractivity contribution in [3.05, 3.63) is 207 Å². The Hall–Kier alpha value is -8.62. The summed E-state index contributed by atoms with van der Waals surface area (Å²) >= 11 is 0. The fourth-order valence-electron chi connectivity index (χ4n) is 8.66. The third kappa shape index (κ3) is 6.00. The molecule has 0 atom stereocenters. The molecule has 0 N–H and O–H groups in total. The van der Waals surface area contributed by atoms with Gasteiger partial charge in [-0.25, -0.2) is 24.9 Å². The minimum Gasteiger partial charge on any atom is -0.309 e. The van der Waals surface area contributed by atoms with Gasteiger partial charge in [0.05, 0.1) is 27.8 Å². The van der Waals surface area contributed by atoms with Crippen LogP contribution in [0.1, 0.15) is 0 Å². The van der Waals surface area contributed by atoms with E-state index in [4.69, 9.17) is 24.9 Å². The topological polar surface area (TPSA) is 87.2 Å². The van der Waals surface area contributed by atoms with Crippen LogP contribution in [0.3, 0.4) is 0 Å². The van der Waals surface area contributed by atoms with Gasteiger partial charge in [0.1, 0.15) is 5.69 Å². The summed E-state index contributed by atoms with van der Waals surface area (Å²) in [4.78, 5) is 30.0. The van der Waals surface area contributed by atoms with Gasteiger partial charge in [-0.1, -0.05) is 133 Å². The molecule has 12 rings (SSSR count). The van der Waals surface area contributed by atoms with Gasteiger partial charge in [-0.05, 0) is 60.7 Å². The number of rotatable bonds is 7. The molecule has 62 heavy (non-hydrogen) atoms. The SMILES string of the molecule is c1ccc(-c2nc(-c3cc(-n4c5ccccc5c5ccccc54)cc(-n4c5ccccc5c5ccccc54)c3)cc(-c3nc(-c4ccccc4)nc(-c4cccnc4)n3)n2)cc1. The van der Waals surface area contributed by atoms with E-state index < -0.39 is 0 Å². The van der Waals surface area contributed by atoms with Gasteiger partial charge in [-0.3, -0.25) is 4.98 Å². The average Bonchev–Trinajstić information content (AvgIpc) is 3.88. The number of pyridine rings is 1. The lowest BCUT2D eigenvalue weighted by Gasteiger charge is -2.16. The Morgan fingerprint density at radius 2 is 0.694 bits per heavy atom. The first kappa shape index (κ1) is 35.3. The third-order valence-corrected chi connectivity index (χ3v) is 11.4. The molecule has 0 radical (unpaired) electrons. The molecule has 0 amide bonds. The average molecular weight is 795 g/mol. The van der Waals surface area contributed by atoms with E-state index in [1.807, 2.05) is 78.9 Å². The fourth-order valence-corrected chi connectivity index (χ4v) is 8.66. The predicted octanol–water partition coefficient (Wildman–Crippen LogP) is 12.6. The lowest BCUT2D eigenvalue weighted by molar-refractivity contribution is 1.05. The number of benzene rings is 7. The maximum Gasteiger partial charge on any atom is 0.182 e. The van der Waals surface area contributed by atoms with Crippen LogP contribution in [0.15, 0.2) is 207 Å². The molecular formula is C54H34N8. The van der Waals surface area contributed by atoms with E-state index in [0.717, 1.165) is 61.4 Å². The smallest absolute Gasteiger partial charge is 0.182 e. The quantitative estimate of drug-likeness (QED) is 0.160. The van der Waals surface area contributed by atoms with Crippen molar-refractivity contribution in [2.45, 2.75) is 0 Å². The summed E-state index contributed by atoms with van der Waals surface area (Å²) in [6.07, 6.45) is 3.51. The van der Waals surface area contributed by atoms with Gasteiger partial charge in [-0.15, -0.1) is 0 Å². The Morgan fingerprint density at radius 1 is 0.290 bits per heavy atom. The van der Waals surface area contributed by atoms with Gasteiger partial charge >= 0.3 is 0 Å². The van der Waals surface area contributed by atoms with Crippen LogP contribution in [-0.2, 0) is 0 Å². The van der Waals surface area contributed by atoms with Gasteiger partial charge in [0.25, 0.3) is 0 Å². The van der Waals surface area contributed by atoms with Crippen molar-refractivity contribution in [3.8, 4) is 68.3 Å². The lowest BCUT2D eigenvalue weighted by Crippen LogP contribution is -2.04. The number of para-hydroxylation sites is 4. The van der Waals surface area contributed by atoms with Crippen LogP contribution in [0.2, 0.25) is 0 Å². The maximum atomic E-state index is 5.34. The largest absolute Gasteiger partial charge is 0.309 e. The summed E-state index contributed by atoms with van der Waals surface area (Å²) in [5, 5.41) is 4.76. The van der Waals surface area contributed by atoms with Crippen LogP contribution in [0.5, 0.6) is 0 Å². The number of fused-ring (bicyclic) bond motifs is 6. The minimum atomic E-state index is 0.430. The second-order valence-corrected chi connectivity index (χ2v) is 15.2. The zero-order valence-electron chi connectivity index (χ0n) is 33.2. The van der Waals surface area contributed by atoms with Crippen molar-refractivity contribution < 1.29 is 0 Å². The van der Waals surface area contributed by atoms with E-state index in [9.17, 15) is 0 Å². The van der Waals surface area contributed by atoms with Crippen molar-refractivity contribution in [2.24, 2.45) is 0 Å². The highest BCUT2D eigenvalue weighted by Gasteiger charge is 2.21. The van der Waals surface area contributed by atoms with E-state index in [-0.39, 0.29) is 0 Å². The van der Waals surface area contributed by atoms with E-state index in [1.165, 1.54) is 21.5 Å². The Morgan fingerprint density at radius 3 is 1.18 bits per heavy atom. The molecular weight excluding hydrogens is 761 g/mol. The molecule has 0 fully saturated rings. The molecule has 7 aromatic carbocycles. The van der Waals surface area contributed by atoms with Crippen LogP contribution in [-0.4, -0.2) is 39.0 Å². The van der Waals surface area contributed by atoms with Crippen molar-refractivity contribution in [2.75, 3.05) is 0 Å². The molecule has 5 aromatic heterocycles. The van der Waals surface area contributed by atoms with Crippen molar-refractivity contribution >= 4 is 43.6 Å². The summed E-state index contributed by atoms with van der Waals surface area (Å²) in [5.41, 5.74) is 11.2. The molecule has 0 saturated carbocycles. The van der Waals surface area contributed by atoms with Crippen LogP contribution in [0.4, 0.5) is 0 Å². The molecule has 0 unspecified atom stereocenters. The van der Waals surface area contributed by atoms with E-state index in [1.54, 1.807) is 12.4 Å². The van der Waals surface area contributed by atoms with Gasteiger partial charge in [0, 0.05) is 67.6 Å². The molecule has 290 valence electrons. The van der Waals surface area contributed by atoms with E-state index >= 15 is 0 Å². The molecule has 0 spiro atoms. The predicted molar refractivity (Wildman–Crippen MR) is 249 cm³/mol. The molecule has 5 heterocycles. The Bertz CT molecular complexity index is 3340. The molecule has 0 saturated heterocycles. The Balaban J connectivity index is 1.15. The summed E-state index contributed by atoms with van der Waals surface area (Å²) in [7, 11) is 0.